The van der Waals surface area contributed by atoms with Crippen molar-refractivity contribution < 1.29 is 13.2 Å². The summed E-state index contributed by atoms with van der Waals surface area (Å²) in [5.41, 5.74) is 2.26. The van der Waals surface area contributed by atoms with Crippen LogP contribution in [0.1, 0.15) is 31.9 Å². The minimum absolute atomic E-state index is 0.124. The Labute approximate surface area is 170 Å². The Morgan fingerprint density at radius 2 is 1.79 bits per heavy atom. The van der Waals surface area contributed by atoms with Crippen molar-refractivity contribution in [2.45, 2.75) is 31.2 Å². The Morgan fingerprint density at radius 3 is 2.34 bits per heavy atom. The van der Waals surface area contributed by atoms with E-state index in [-0.39, 0.29) is 16.8 Å². The van der Waals surface area contributed by atoms with Gasteiger partial charge in [0, 0.05) is 25.2 Å². The molecule has 152 valence electrons. The molecule has 0 bridgehead atoms. The SMILES string of the molecule is CCC(=O)Nc1ccc(S(=O)(=O)N(C)C(C)c2ccc(-n3cncn3)cc2)cc1. The fourth-order valence-electron chi connectivity index (χ4n) is 2.79. The average molecular weight is 414 g/mol. The molecule has 0 fully saturated rings. The van der Waals surface area contributed by atoms with Crippen LogP contribution in [0.3, 0.4) is 0 Å². The van der Waals surface area contributed by atoms with E-state index in [0.717, 1.165) is 11.3 Å². The summed E-state index contributed by atoms with van der Waals surface area (Å²) >= 11 is 0. The van der Waals surface area contributed by atoms with Crippen LogP contribution < -0.4 is 5.32 Å². The molecule has 1 amide bonds. The number of aromatic nitrogens is 3. The zero-order chi connectivity index (χ0) is 21.0. The fraction of sp³-hybridized carbons (Fsp3) is 0.250. The first-order valence-electron chi connectivity index (χ1n) is 9.16. The smallest absolute Gasteiger partial charge is 0.243 e. The molecule has 0 saturated carbocycles. The highest BCUT2D eigenvalue weighted by Gasteiger charge is 2.26. The van der Waals surface area contributed by atoms with Crippen LogP contribution in [-0.4, -0.2) is 40.4 Å². The molecule has 1 heterocycles. The van der Waals surface area contributed by atoms with Crippen molar-refractivity contribution in [2.75, 3.05) is 12.4 Å². The molecule has 0 spiro atoms. The Hall–Kier alpha value is -3.04. The molecular formula is C20H23N5O3S. The molecule has 0 aliphatic carbocycles. The Bertz CT molecular complexity index is 1060. The normalized spacial score (nSPS) is 12.7. The first-order chi connectivity index (χ1) is 13.8. The number of hydrogen-bond acceptors (Lipinski definition) is 5. The molecule has 9 heteroatoms. The number of rotatable bonds is 7. The summed E-state index contributed by atoms with van der Waals surface area (Å²) in [5, 5.41) is 6.78. The molecular weight excluding hydrogens is 390 g/mol. The van der Waals surface area contributed by atoms with Crippen molar-refractivity contribution in [1.29, 1.82) is 0 Å². The van der Waals surface area contributed by atoms with Crippen molar-refractivity contribution in [2.24, 2.45) is 0 Å². The topological polar surface area (TPSA) is 97.2 Å². The standard InChI is InChI=1S/C20H23N5O3S/c1-4-20(26)23-17-7-11-19(12-8-17)29(27,28)24(3)15(2)16-5-9-18(10-6-16)25-14-21-13-22-25/h5-15H,4H2,1-3H3,(H,23,26). The van der Waals surface area contributed by atoms with Gasteiger partial charge in [0.05, 0.1) is 10.6 Å². The molecule has 29 heavy (non-hydrogen) atoms. The highest BCUT2D eigenvalue weighted by molar-refractivity contribution is 7.89. The van der Waals surface area contributed by atoms with Gasteiger partial charge in [-0.2, -0.15) is 9.40 Å². The molecule has 0 saturated heterocycles. The molecule has 0 aliphatic rings. The summed E-state index contributed by atoms with van der Waals surface area (Å²) in [7, 11) is -2.14. The average Bonchev–Trinajstić information content (AvgIpc) is 3.28. The number of carbonyl (C=O) groups is 1. The molecule has 1 atom stereocenters. The summed E-state index contributed by atoms with van der Waals surface area (Å²) in [6, 6.07) is 13.3. The van der Waals surface area contributed by atoms with Crippen LogP contribution in [0, 0.1) is 0 Å². The second-order valence-electron chi connectivity index (χ2n) is 6.55. The first kappa shape index (κ1) is 20.7. The Morgan fingerprint density at radius 1 is 1.14 bits per heavy atom. The van der Waals surface area contributed by atoms with Crippen LogP contribution in [0.2, 0.25) is 0 Å². The van der Waals surface area contributed by atoms with E-state index in [1.165, 1.54) is 22.8 Å². The van der Waals surface area contributed by atoms with Crippen LogP contribution in [0.4, 0.5) is 5.69 Å². The number of sulfonamides is 1. The lowest BCUT2D eigenvalue weighted by atomic mass is 10.1. The highest BCUT2D eigenvalue weighted by atomic mass is 32.2. The maximum atomic E-state index is 13.0. The molecule has 3 aromatic rings. The predicted molar refractivity (Wildman–Crippen MR) is 110 cm³/mol. The van der Waals surface area contributed by atoms with Crippen molar-refractivity contribution in [3.8, 4) is 5.69 Å². The molecule has 0 radical (unpaired) electrons. The first-order valence-corrected chi connectivity index (χ1v) is 10.6. The van der Waals surface area contributed by atoms with E-state index in [2.05, 4.69) is 15.4 Å². The van der Waals surface area contributed by atoms with Crippen LogP contribution >= 0.6 is 0 Å². The van der Waals surface area contributed by atoms with Crippen LogP contribution in [0.5, 0.6) is 0 Å². The minimum atomic E-state index is -3.70. The van der Waals surface area contributed by atoms with Crippen LogP contribution in [-0.2, 0) is 14.8 Å². The number of anilines is 1. The van der Waals surface area contributed by atoms with Crippen LogP contribution in [0.15, 0.2) is 66.1 Å². The highest BCUT2D eigenvalue weighted by Crippen LogP contribution is 2.27. The van der Waals surface area contributed by atoms with E-state index in [1.807, 2.05) is 31.2 Å². The van der Waals surface area contributed by atoms with Gasteiger partial charge in [0.15, 0.2) is 0 Å². The summed E-state index contributed by atoms with van der Waals surface area (Å²) in [5.74, 6) is -0.124. The quantitative estimate of drug-likeness (QED) is 0.642. The number of hydrogen-bond donors (Lipinski definition) is 1. The summed E-state index contributed by atoms with van der Waals surface area (Å²) in [4.78, 5) is 15.6. The van der Waals surface area contributed by atoms with Gasteiger partial charge in [0.25, 0.3) is 0 Å². The predicted octanol–water partition coefficient (Wildman–Crippen LogP) is 3.00. The molecule has 0 aliphatic heterocycles. The van der Waals surface area contributed by atoms with Gasteiger partial charge in [-0.05, 0) is 48.9 Å². The van der Waals surface area contributed by atoms with Gasteiger partial charge >= 0.3 is 0 Å². The van der Waals surface area contributed by atoms with E-state index in [9.17, 15) is 13.2 Å². The number of nitrogens with one attached hydrogen (secondary N) is 1. The number of benzene rings is 2. The molecule has 8 nitrogen and oxygen atoms in total. The summed E-state index contributed by atoms with van der Waals surface area (Å²) in [6.07, 6.45) is 3.41. The van der Waals surface area contributed by atoms with Gasteiger partial charge in [0.2, 0.25) is 15.9 Å². The third kappa shape index (κ3) is 4.52. The monoisotopic (exact) mass is 413 g/mol. The van der Waals surface area contributed by atoms with Crippen LogP contribution in [0.25, 0.3) is 5.69 Å². The number of nitrogens with zero attached hydrogens (tertiary/aromatic N) is 4. The van der Waals surface area contributed by atoms with Gasteiger partial charge in [-0.1, -0.05) is 19.1 Å². The van der Waals surface area contributed by atoms with Crippen molar-refractivity contribution in [1.82, 2.24) is 19.1 Å². The van der Waals surface area contributed by atoms with Gasteiger partial charge in [-0.3, -0.25) is 4.79 Å². The van der Waals surface area contributed by atoms with Gasteiger partial charge in [-0.25, -0.2) is 18.1 Å². The Kier molecular flexibility index (Phi) is 6.09. The van der Waals surface area contributed by atoms with Gasteiger partial charge in [0.1, 0.15) is 12.7 Å². The van der Waals surface area contributed by atoms with Crippen molar-refractivity contribution in [3.63, 3.8) is 0 Å². The lowest BCUT2D eigenvalue weighted by Gasteiger charge is -2.25. The minimum Gasteiger partial charge on any atom is -0.326 e. The maximum Gasteiger partial charge on any atom is 0.243 e. The van der Waals surface area contributed by atoms with Crippen molar-refractivity contribution >= 4 is 21.6 Å². The third-order valence-corrected chi connectivity index (χ3v) is 6.68. The molecule has 3 rings (SSSR count). The van der Waals surface area contributed by atoms with E-state index < -0.39 is 10.0 Å². The number of amides is 1. The Balaban J connectivity index is 1.77. The second kappa shape index (κ2) is 8.54. The summed E-state index contributed by atoms with van der Waals surface area (Å²) < 4.78 is 29.0. The van der Waals surface area contributed by atoms with Crippen molar-refractivity contribution in [3.05, 3.63) is 66.7 Å². The number of carbonyl (C=O) groups excluding carboxylic acids is 1. The molecule has 2 aromatic carbocycles. The fourth-order valence-corrected chi connectivity index (χ4v) is 4.14. The van der Waals surface area contributed by atoms with E-state index >= 15 is 0 Å². The summed E-state index contributed by atoms with van der Waals surface area (Å²) in [6.45, 7) is 3.58. The van der Waals surface area contributed by atoms with Gasteiger partial charge in [-0.15, -0.1) is 0 Å². The lowest BCUT2D eigenvalue weighted by molar-refractivity contribution is -0.115. The third-order valence-electron chi connectivity index (χ3n) is 4.74. The van der Waals surface area contributed by atoms with E-state index in [4.69, 9.17) is 0 Å². The zero-order valence-electron chi connectivity index (χ0n) is 16.5. The van der Waals surface area contributed by atoms with E-state index in [1.54, 1.807) is 37.1 Å². The molecule has 1 N–H and O–H groups in total. The molecule has 1 unspecified atom stereocenters. The van der Waals surface area contributed by atoms with Gasteiger partial charge < -0.3 is 5.32 Å². The molecule has 1 aromatic heterocycles. The zero-order valence-corrected chi connectivity index (χ0v) is 17.3. The lowest BCUT2D eigenvalue weighted by Crippen LogP contribution is -2.29. The van der Waals surface area contributed by atoms with E-state index in [0.29, 0.717) is 12.1 Å². The second-order valence-corrected chi connectivity index (χ2v) is 8.55. The largest absolute Gasteiger partial charge is 0.326 e. The maximum absolute atomic E-state index is 13.0.